The normalized spacial score (nSPS) is 22.9. The Morgan fingerprint density at radius 3 is 2.96 bits per heavy atom. The quantitative estimate of drug-likeness (QED) is 0.824. The van der Waals surface area contributed by atoms with Crippen LogP contribution in [-0.2, 0) is 13.6 Å². The van der Waals surface area contributed by atoms with Crippen LogP contribution in [0.1, 0.15) is 30.0 Å². The maximum absolute atomic E-state index is 5.66. The van der Waals surface area contributed by atoms with Gasteiger partial charge in [0.25, 0.3) is 0 Å². The maximum atomic E-state index is 5.66. The number of rotatable bonds is 5. The van der Waals surface area contributed by atoms with Crippen LogP contribution in [0, 0.1) is 5.92 Å². The Labute approximate surface area is 155 Å². The van der Waals surface area contributed by atoms with Gasteiger partial charge in [-0.25, -0.2) is 0 Å². The second kappa shape index (κ2) is 7.29. The largest absolute Gasteiger partial charge is 0.454 e. The molecule has 1 aromatic carbocycles. The Kier molecular flexibility index (Phi) is 4.87. The van der Waals surface area contributed by atoms with E-state index in [9.17, 15) is 0 Å². The lowest BCUT2D eigenvalue weighted by Gasteiger charge is -2.40. The van der Waals surface area contributed by atoms with E-state index in [0.29, 0.717) is 18.8 Å². The number of aromatic nitrogens is 2. The molecule has 1 fully saturated rings. The SMILES string of the molecule is CN(Cc1cccc2c1OCO2)C[C@@H]1CCCN(C)[C@H]1c1cnn(C)c1. The van der Waals surface area contributed by atoms with Crippen LogP contribution in [-0.4, -0.2) is 53.6 Å². The van der Waals surface area contributed by atoms with Crippen molar-refractivity contribution in [2.45, 2.75) is 25.4 Å². The van der Waals surface area contributed by atoms with Crippen LogP contribution < -0.4 is 9.47 Å². The predicted molar refractivity (Wildman–Crippen MR) is 100 cm³/mol. The standard InChI is InChI=1S/C20H28N4O2/c1-22(12-16-6-4-8-18-20(16)26-14-25-18)11-15-7-5-9-23(2)19(15)17-10-21-24(3)13-17/h4,6,8,10,13,15,19H,5,7,9,11-12,14H2,1-3H3/t15-,19+/m0/s1. The average Bonchev–Trinajstić information content (AvgIpc) is 3.24. The van der Waals surface area contributed by atoms with Gasteiger partial charge in [-0.1, -0.05) is 12.1 Å². The number of para-hydroxylation sites is 1. The van der Waals surface area contributed by atoms with Crippen LogP contribution in [0.2, 0.25) is 0 Å². The topological polar surface area (TPSA) is 42.8 Å². The summed E-state index contributed by atoms with van der Waals surface area (Å²) in [4.78, 5) is 4.89. The lowest BCUT2D eigenvalue weighted by Crippen LogP contribution is -2.40. The number of aryl methyl sites for hydroxylation is 1. The van der Waals surface area contributed by atoms with E-state index in [1.165, 1.54) is 24.0 Å². The number of benzene rings is 1. The Hall–Kier alpha value is -2.05. The third-order valence-corrected chi connectivity index (χ3v) is 5.54. The van der Waals surface area contributed by atoms with Gasteiger partial charge in [-0.3, -0.25) is 9.58 Å². The van der Waals surface area contributed by atoms with Crippen molar-refractivity contribution in [1.29, 1.82) is 0 Å². The number of likely N-dealkylation sites (tertiary alicyclic amines) is 1. The minimum atomic E-state index is 0.326. The third kappa shape index (κ3) is 3.44. The summed E-state index contributed by atoms with van der Waals surface area (Å²) in [5.41, 5.74) is 2.52. The van der Waals surface area contributed by atoms with Crippen LogP contribution in [0.5, 0.6) is 11.5 Å². The summed E-state index contributed by atoms with van der Waals surface area (Å²) in [6.07, 6.45) is 6.69. The zero-order chi connectivity index (χ0) is 18.1. The number of ether oxygens (including phenoxy) is 2. The highest BCUT2D eigenvalue weighted by Crippen LogP contribution is 2.38. The number of hydrogen-bond donors (Lipinski definition) is 0. The van der Waals surface area contributed by atoms with Crippen molar-refractivity contribution in [3.63, 3.8) is 0 Å². The Bertz CT molecular complexity index is 760. The van der Waals surface area contributed by atoms with Gasteiger partial charge in [-0.15, -0.1) is 0 Å². The van der Waals surface area contributed by atoms with Crippen LogP contribution >= 0.6 is 0 Å². The molecule has 3 heterocycles. The van der Waals surface area contributed by atoms with E-state index in [2.05, 4.69) is 41.3 Å². The van der Waals surface area contributed by atoms with E-state index in [-0.39, 0.29) is 0 Å². The average molecular weight is 356 g/mol. The van der Waals surface area contributed by atoms with Gasteiger partial charge in [-0.2, -0.15) is 5.10 Å². The van der Waals surface area contributed by atoms with Gasteiger partial charge < -0.3 is 14.4 Å². The highest BCUT2D eigenvalue weighted by atomic mass is 16.7. The van der Waals surface area contributed by atoms with E-state index in [1.807, 2.05) is 30.1 Å². The van der Waals surface area contributed by atoms with Gasteiger partial charge in [0.1, 0.15) is 0 Å². The van der Waals surface area contributed by atoms with Gasteiger partial charge in [0.05, 0.1) is 6.20 Å². The second-order valence-electron chi connectivity index (χ2n) is 7.62. The predicted octanol–water partition coefficient (Wildman–Crippen LogP) is 2.66. The van der Waals surface area contributed by atoms with Crippen LogP contribution in [0.25, 0.3) is 0 Å². The first-order valence-corrected chi connectivity index (χ1v) is 9.36. The number of piperidine rings is 1. The van der Waals surface area contributed by atoms with Crippen molar-refractivity contribution in [3.05, 3.63) is 41.7 Å². The zero-order valence-corrected chi connectivity index (χ0v) is 15.9. The molecule has 6 nitrogen and oxygen atoms in total. The monoisotopic (exact) mass is 356 g/mol. The van der Waals surface area contributed by atoms with Crippen molar-refractivity contribution >= 4 is 0 Å². The maximum Gasteiger partial charge on any atom is 0.231 e. The van der Waals surface area contributed by atoms with Gasteiger partial charge in [0.2, 0.25) is 6.79 Å². The number of nitrogens with zero attached hydrogens (tertiary/aromatic N) is 4. The molecule has 26 heavy (non-hydrogen) atoms. The second-order valence-corrected chi connectivity index (χ2v) is 7.62. The lowest BCUT2D eigenvalue weighted by atomic mass is 9.85. The summed E-state index contributed by atoms with van der Waals surface area (Å²) in [7, 11) is 6.43. The molecule has 0 N–H and O–H groups in total. The zero-order valence-electron chi connectivity index (χ0n) is 15.9. The highest BCUT2D eigenvalue weighted by molar-refractivity contribution is 5.48. The molecule has 0 radical (unpaired) electrons. The van der Waals surface area contributed by atoms with E-state index < -0.39 is 0 Å². The summed E-state index contributed by atoms with van der Waals surface area (Å²) < 4.78 is 13.1. The first kappa shape index (κ1) is 17.4. The number of fused-ring (bicyclic) bond motifs is 1. The van der Waals surface area contributed by atoms with Gasteiger partial charge in [-0.05, 0) is 45.5 Å². The number of hydrogen-bond acceptors (Lipinski definition) is 5. The first-order valence-electron chi connectivity index (χ1n) is 9.36. The molecular formula is C20H28N4O2. The molecule has 0 aliphatic carbocycles. The first-order chi connectivity index (χ1) is 12.6. The molecule has 140 valence electrons. The summed E-state index contributed by atoms with van der Waals surface area (Å²) in [6.45, 7) is 3.39. The van der Waals surface area contributed by atoms with Gasteiger partial charge in [0, 0.05) is 43.5 Å². The molecular weight excluding hydrogens is 328 g/mol. The molecule has 2 atom stereocenters. The summed E-state index contributed by atoms with van der Waals surface area (Å²) >= 11 is 0. The summed E-state index contributed by atoms with van der Waals surface area (Å²) in [6, 6.07) is 6.58. The molecule has 0 spiro atoms. The fourth-order valence-corrected chi connectivity index (χ4v) is 4.44. The molecule has 6 heteroatoms. The molecule has 2 aromatic rings. The fourth-order valence-electron chi connectivity index (χ4n) is 4.44. The lowest BCUT2D eigenvalue weighted by molar-refractivity contribution is 0.0922. The van der Waals surface area contributed by atoms with Crippen LogP contribution in [0.15, 0.2) is 30.6 Å². The Morgan fingerprint density at radius 1 is 1.27 bits per heavy atom. The van der Waals surface area contributed by atoms with Gasteiger partial charge >= 0.3 is 0 Å². The van der Waals surface area contributed by atoms with Crippen LogP contribution in [0.4, 0.5) is 0 Å². The molecule has 0 saturated carbocycles. The van der Waals surface area contributed by atoms with Crippen LogP contribution in [0.3, 0.4) is 0 Å². The van der Waals surface area contributed by atoms with Crippen molar-refractivity contribution in [3.8, 4) is 11.5 Å². The molecule has 0 bridgehead atoms. The van der Waals surface area contributed by atoms with Gasteiger partial charge in [0.15, 0.2) is 11.5 Å². The molecule has 1 saturated heterocycles. The Morgan fingerprint density at radius 2 is 2.15 bits per heavy atom. The van der Waals surface area contributed by atoms with Crippen molar-refractivity contribution in [1.82, 2.24) is 19.6 Å². The summed E-state index contributed by atoms with van der Waals surface area (Å²) in [5.74, 6) is 2.36. The molecule has 1 aromatic heterocycles. The molecule has 4 rings (SSSR count). The molecule has 2 aliphatic rings. The van der Waals surface area contributed by atoms with Crippen molar-refractivity contribution in [2.24, 2.45) is 13.0 Å². The Balaban J connectivity index is 1.47. The van der Waals surface area contributed by atoms with E-state index in [4.69, 9.17) is 9.47 Å². The highest BCUT2D eigenvalue weighted by Gasteiger charge is 2.32. The minimum absolute atomic E-state index is 0.326. The molecule has 2 aliphatic heterocycles. The molecule has 0 unspecified atom stereocenters. The molecule has 0 amide bonds. The summed E-state index contributed by atoms with van der Waals surface area (Å²) in [5, 5.41) is 4.39. The van der Waals surface area contributed by atoms with E-state index in [0.717, 1.165) is 31.1 Å². The smallest absolute Gasteiger partial charge is 0.231 e. The fraction of sp³-hybridized carbons (Fsp3) is 0.550. The van der Waals surface area contributed by atoms with E-state index in [1.54, 1.807) is 0 Å². The van der Waals surface area contributed by atoms with Crippen molar-refractivity contribution < 1.29 is 9.47 Å². The third-order valence-electron chi connectivity index (χ3n) is 5.54. The van der Waals surface area contributed by atoms with E-state index >= 15 is 0 Å². The van der Waals surface area contributed by atoms with Crippen molar-refractivity contribution in [2.75, 3.05) is 34.0 Å². The minimum Gasteiger partial charge on any atom is -0.454 e.